The Hall–Kier alpha value is -2.34. The van der Waals surface area contributed by atoms with Gasteiger partial charge in [0.2, 0.25) is 0 Å². The Balaban J connectivity index is 1.58. The highest BCUT2D eigenvalue weighted by atomic mass is 19.4. The van der Waals surface area contributed by atoms with Crippen LogP contribution in [0.1, 0.15) is 40.7 Å². The summed E-state index contributed by atoms with van der Waals surface area (Å²) in [5.74, 6) is -0.428. The van der Waals surface area contributed by atoms with E-state index in [1.54, 1.807) is 0 Å². The summed E-state index contributed by atoms with van der Waals surface area (Å²) in [5, 5.41) is 2.71. The van der Waals surface area contributed by atoms with E-state index in [2.05, 4.69) is 10.2 Å². The third-order valence-corrected chi connectivity index (χ3v) is 4.54. The Labute approximate surface area is 150 Å². The van der Waals surface area contributed by atoms with Crippen LogP contribution in [0.5, 0.6) is 0 Å². The number of hydrogen-bond acceptors (Lipinski definition) is 2. The van der Waals surface area contributed by atoms with Crippen LogP contribution in [0.25, 0.3) is 0 Å². The Morgan fingerprint density at radius 3 is 2.12 bits per heavy atom. The molecule has 1 N–H and O–H groups in total. The summed E-state index contributed by atoms with van der Waals surface area (Å²) in [6.07, 6.45) is -0.632. The van der Waals surface area contributed by atoms with E-state index in [1.807, 2.05) is 24.3 Å². The number of nitrogens with zero attached hydrogens (tertiary/aromatic N) is 1. The molecule has 3 rings (SSSR count). The molecule has 0 atom stereocenters. The van der Waals surface area contributed by atoms with Gasteiger partial charge in [-0.05, 0) is 67.9 Å². The van der Waals surface area contributed by atoms with Gasteiger partial charge in [-0.1, -0.05) is 18.6 Å². The Kier molecular flexibility index (Phi) is 5.61. The van der Waals surface area contributed by atoms with Crippen LogP contribution < -0.4 is 5.32 Å². The van der Waals surface area contributed by atoms with Crippen molar-refractivity contribution in [2.75, 3.05) is 18.4 Å². The van der Waals surface area contributed by atoms with Gasteiger partial charge in [-0.25, -0.2) is 0 Å². The van der Waals surface area contributed by atoms with Gasteiger partial charge in [-0.15, -0.1) is 0 Å². The van der Waals surface area contributed by atoms with E-state index < -0.39 is 17.6 Å². The van der Waals surface area contributed by atoms with Crippen LogP contribution in [-0.2, 0) is 12.7 Å². The summed E-state index contributed by atoms with van der Waals surface area (Å²) < 4.78 is 37.7. The second-order valence-electron chi connectivity index (χ2n) is 6.56. The van der Waals surface area contributed by atoms with Gasteiger partial charge in [0.1, 0.15) is 0 Å². The molecule has 0 bridgehead atoms. The molecule has 0 radical (unpaired) electrons. The number of carbonyl (C=O) groups excluding carboxylic acids is 1. The number of rotatable bonds is 4. The molecule has 2 aromatic rings. The summed E-state index contributed by atoms with van der Waals surface area (Å²) >= 11 is 0. The van der Waals surface area contributed by atoms with E-state index in [9.17, 15) is 18.0 Å². The predicted molar refractivity (Wildman–Crippen MR) is 95.0 cm³/mol. The fourth-order valence-electron chi connectivity index (χ4n) is 3.08. The van der Waals surface area contributed by atoms with Crippen molar-refractivity contribution in [3.63, 3.8) is 0 Å². The molecule has 3 nitrogen and oxygen atoms in total. The number of alkyl halides is 3. The molecule has 6 heteroatoms. The summed E-state index contributed by atoms with van der Waals surface area (Å²) in [7, 11) is 0. The normalized spacial score (nSPS) is 15.7. The lowest BCUT2D eigenvalue weighted by atomic mass is 10.1. The number of carbonyl (C=O) groups is 1. The van der Waals surface area contributed by atoms with Gasteiger partial charge in [0, 0.05) is 17.8 Å². The first-order valence-corrected chi connectivity index (χ1v) is 8.72. The van der Waals surface area contributed by atoms with Crippen molar-refractivity contribution >= 4 is 11.6 Å². The van der Waals surface area contributed by atoms with Crippen LogP contribution in [0.3, 0.4) is 0 Å². The summed E-state index contributed by atoms with van der Waals surface area (Å²) in [5.41, 5.74) is 1.23. The van der Waals surface area contributed by atoms with Crippen molar-refractivity contribution in [2.45, 2.75) is 32.0 Å². The third-order valence-electron chi connectivity index (χ3n) is 4.54. The number of piperidine rings is 1. The van der Waals surface area contributed by atoms with E-state index in [0.29, 0.717) is 5.69 Å². The number of nitrogens with one attached hydrogen (secondary N) is 1. The zero-order valence-corrected chi connectivity index (χ0v) is 14.4. The molecular formula is C20H21F3N2O. The summed E-state index contributed by atoms with van der Waals surface area (Å²) in [4.78, 5) is 14.6. The van der Waals surface area contributed by atoms with E-state index in [1.165, 1.54) is 37.0 Å². The highest BCUT2D eigenvalue weighted by Gasteiger charge is 2.30. The molecule has 0 spiro atoms. The van der Waals surface area contributed by atoms with Crippen molar-refractivity contribution in [3.05, 3.63) is 65.2 Å². The minimum Gasteiger partial charge on any atom is -0.322 e. The molecule has 1 aliphatic heterocycles. The van der Waals surface area contributed by atoms with Gasteiger partial charge in [0.05, 0.1) is 5.56 Å². The molecule has 0 saturated carbocycles. The fourth-order valence-corrected chi connectivity index (χ4v) is 3.08. The van der Waals surface area contributed by atoms with Gasteiger partial charge in [-0.3, -0.25) is 9.69 Å². The average Bonchev–Trinajstić information content (AvgIpc) is 2.63. The molecule has 1 aliphatic rings. The molecule has 26 heavy (non-hydrogen) atoms. The first kappa shape index (κ1) is 18.5. The number of amides is 1. The van der Waals surface area contributed by atoms with Crippen LogP contribution in [-0.4, -0.2) is 23.9 Å². The van der Waals surface area contributed by atoms with E-state index in [0.717, 1.165) is 31.8 Å². The molecule has 2 aromatic carbocycles. The second-order valence-corrected chi connectivity index (χ2v) is 6.56. The first-order valence-electron chi connectivity index (χ1n) is 8.72. The minimum absolute atomic E-state index is 0.190. The Morgan fingerprint density at radius 2 is 1.54 bits per heavy atom. The lowest BCUT2D eigenvalue weighted by Crippen LogP contribution is -2.29. The highest BCUT2D eigenvalue weighted by molar-refractivity contribution is 6.04. The molecule has 0 aliphatic carbocycles. The molecular weight excluding hydrogens is 341 g/mol. The standard InChI is InChI=1S/C20H21F3N2O/c21-20(22,23)17-8-6-16(7-9-17)19(26)24-18-10-4-15(5-11-18)14-25-12-2-1-3-13-25/h4-11H,1-3,12-14H2,(H,24,26). The van der Waals surface area contributed by atoms with E-state index in [4.69, 9.17) is 0 Å². The van der Waals surface area contributed by atoms with Crippen LogP contribution in [0.4, 0.5) is 18.9 Å². The maximum atomic E-state index is 12.6. The monoisotopic (exact) mass is 362 g/mol. The molecule has 1 heterocycles. The molecule has 1 fully saturated rings. The lowest BCUT2D eigenvalue weighted by Gasteiger charge is -2.26. The highest BCUT2D eigenvalue weighted by Crippen LogP contribution is 2.29. The van der Waals surface area contributed by atoms with Gasteiger partial charge < -0.3 is 5.32 Å². The Bertz CT molecular complexity index is 733. The maximum absolute atomic E-state index is 12.6. The fraction of sp³-hybridized carbons (Fsp3) is 0.350. The quantitative estimate of drug-likeness (QED) is 0.835. The van der Waals surface area contributed by atoms with Crippen LogP contribution >= 0.6 is 0 Å². The topological polar surface area (TPSA) is 32.3 Å². The maximum Gasteiger partial charge on any atom is 0.416 e. The van der Waals surface area contributed by atoms with E-state index in [-0.39, 0.29) is 5.56 Å². The summed E-state index contributed by atoms with van der Waals surface area (Å²) in [6.45, 7) is 3.13. The third kappa shape index (κ3) is 4.85. The van der Waals surface area contributed by atoms with Crippen molar-refractivity contribution in [2.24, 2.45) is 0 Å². The number of hydrogen-bond donors (Lipinski definition) is 1. The van der Waals surface area contributed by atoms with Gasteiger partial charge in [-0.2, -0.15) is 13.2 Å². The van der Waals surface area contributed by atoms with Gasteiger partial charge >= 0.3 is 6.18 Å². The average molecular weight is 362 g/mol. The number of likely N-dealkylation sites (tertiary alicyclic amines) is 1. The smallest absolute Gasteiger partial charge is 0.322 e. The first-order chi connectivity index (χ1) is 12.4. The van der Waals surface area contributed by atoms with Gasteiger partial charge in [0.15, 0.2) is 0 Å². The summed E-state index contributed by atoms with van der Waals surface area (Å²) in [6, 6.07) is 11.8. The van der Waals surface area contributed by atoms with Crippen molar-refractivity contribution in [3.8, 4) is 0 Å². The zero-order valence-electron chi connectivity index (χ0n) is 14.4. The van der Waals surface area contributed by atoms with Crippen molar-refractivity contribution < 1.29 is 18.0 Å². The molecule has 138 valence electrons. The molecule has 0 unspecified atom stereocenters. The van der Waals surface area contributed by atoms with Gasteiger partial charge in [0.25, 0.3) is 5.91 Å². The SMILES string of the molecule is O=C(Nc1ccc(CN2CCCCC2)cc1)c1ccc(C(F)(F)F)cc1. The molecule has 1 amide bonds. The Morgan fingerprint density at radius 1 is 0.923 bits per heavy atom. The lowest BCUT2D eigenvalue weighted by molar-refractivity contribution is -0.137. The van der Waals surface area contributed by atoms with Crippen LogP contribution in [0.2, 0.25) is 0 Å². The number of halogens is 3. The predicted octanol–water partition coefficient (Wildman–Crippen LogP) is 4.94. The second kappa shape index (κ2) is 7.91. The van der Waals surface area contributed by atoms with Crippen molar-refractivity contribution in [1.29, 1.82) is 0 Å². The molecule has 1 saturated heterocycles. The van der Waals surface area contributed by atoms with Crippen molar-refractivity contribution in [1.82, 2.24) is 4.90 Å². The zero-order chi connectivity index (χ0) is 18.6. The van der Waals surface area contributed by atoms with Crippen LogP contribution in [0.15, 0.2) is 48.5 Å². The number of anilines is 1. The van der Waals surface area contributed by atoms with E-state index >= 15 is 0 Å². The molecule has 0 aromatic heterocycles. The van der Waals surface area contributed by atoms with Crippen LogP contribution in [0, 0.1) is 0 Å². The minimum atomic E-state index is -4.40. The number of benzene rings is 2. The largest absolute Gasteiger partial charge is 0.416 e.